The van der Waals surface area contributed by atoms with Gasteiger partial charge in [0.05, 0.1) is 11.7 Å². The summed E-state index contributed by atoms with van der Waals surface area (Å²) in [5.74, 6) is 0.831. The van der Waals surface area contributed by atoms with Gasteiger partial charge in [-0.05, 0) is 31.0 Å². The molecule has 3 rings (SSSR count). The van der Waals surface area contributed by atoms with Crippen LogP contribution in [0.5, 0.6) is 0 Å². The quantitative estimate of drug-likeness (QED) is 0.853. The smallest absolute Gasteiger partial charge is 0.187 e. The molecule has 0 radical (unpaired) electrons. The maximum absolute atomic E-state index is 6.05. The topological polar surface area (TPSA) is 32.3 Å². The minimum Gasteiger partial charge on any atom is -0.368 e. The zero-order chi connectivity index (χ0) is 14.1. The van der Waals surface area contributed by atoms with Crippen LogP contribution in [0.25, 0.3) is 0 Å². The van der Waals surface area contributed by atoms with Crippen LogP contribution < -0.4 is 9.80 Å². The number of anilines is 2. The van der Waals surface area contributed by atoms with Gasteiger partial charge in [0.2, 0.25) is 0 Å². The van der Waals surface area contributed by atoms with Crippen molar-refractivity contribution in [3.63, 3.8) is 0 Å². The fraction of sp³-hybridized carbons (Fsp3) is 0.429. The highest BCUT2D eigenvalue weighted by Crippen LogP contribution is 2.27. The number of benzene rings is 1. The van der Waals surface area contributed by atoms with Crippen molar-refractivity contribution in [2.75, 3.05) is 36.0 Å². The Balaban J connectivity index is 1.73. The Kier molecular flexibility index (Phi) is 3.81. The largest absolute Gasteiger partial charge is 0.368 e. The van der Waals surface area contributed by atoms with E-state index in [9.17, 15) is 0 Å². The van der Waals surface area contributed by atoms with E-state index in [0.717, 1.165) is 32.0 Å². The molecule has 0 bridgehead atoms. The molecule has 0 unspecified atom stereocenters. The summed E-state index contributed by atoms with van der Waals surface area (Å²) < 4.78 is 8.31. The second kappa shape index (κ2) is 5.58. The zero-order valence-corrected chi connectivity index (χ0v) is 13.2. The Morgan fingerprint density at radius 3 is 2.40 bits per heavy atom. The molecule has 0 saturated carbocycles. The summed E-state index contributed by atoms with van der Waals surface area (Å²) in [5.41, 5.74) is 4.05. The number of aromatic nitrogens is 2. The van der Waals surface area contributed by atoms with Gasteiger partial charge in [-0.3, -0.25) is 0 Å². The number of aryl methyl sites for hydroxylation is 1. The third kappa shape index (κ3) is 2.47. The van der Waals surface area contributed by atoms with Crippen LogP contribution in [0.1, 0.15) is 11.1 Å². The monoisotopic (exact) mass is 308 g/mol. The lowest BCUT2D eigenvalue weighted by molar-refractivity contribution is 0.648. The number of halogens is 1. The van der Waals surface area contributed by atoms with Crippen molar-refractivity contribution < 1.29 is 0 Å². The van der Waals surface area contributed by atoms with Gasteiger partial charge in [0.25, 0.3) is 0 Å². The van der Waals surface area contributed by atoms with E-state index in [1.165, 1.54) is 28.5 Å². The molecule has 2 heterocycles. The molecule has 4 nitrogen and oxygen atoms in total. The molecular weight excluding hydrogens is 292 g/mol. The van der Waals surface area contributed by atoms with Crippen molar-refractivity contribution >= 4 is 34.8 Å². The molecule has 106 valence electrons. The van der Waals surface area contributed by atoms with E-state index in [-0.39, 0.29) is 0 Å². The third-order valence-electron chi connectivity index (χ3n) is 3.93. The Hall–Kier alpha value is -1.33. The second-order valence-corrected chi connectivity index (χ2v) is 5.96. The minimum atomic E-state index is 0.523. The van der Waals surface area contributed by atoms with Gasteiger partial charge in [0, 0.05) is 31.9 Å². The lowest BCUT2D eigenvalue weighted by Gasteiger charge is -2.37. The number of piperazine rings is 1. The predicted molar refractivity (Wildman–Crippen MR) is 85.3 cm³/mol. The van der Waals surface area contributed by atoms with Gasteiger partial charge in [-0.15, -0.1) is 0 Å². The van der Waals surface area contributed by atoms with Crippen molar-refractivity contribution in [1.82, 2.24) is 8.75 Å². The molecule has 1 aliphatic rings. The van der Waals surface area contributed by atoms with E-state index in [0.29, 0.717) is 5.15 Å². The summed E-state index contributed by atoms with van der Waals surface area (Å²) in [7, 11) is 0. The highest BCUT2D eigenvalue weighted by atomic mass is 35.5. The first-order valence-electron chi connectivity index (χ1n) is 6.71. The van der Waals surface area contributed by atoms with Crippen LogP contribution in [0.4, 0.5) is 11.5 Å². The van der Waals surface area contributed by atoms with Crippen LogP contribution in [0, 0.1) is 13.8 Å². The molecule has 0 amide bonds. The van der Waals surface area contributed by atoms with Crippen molar-refractivity contribution in [3.05, 3.63) is 34.5 Å². The van der Waals surface area contributed by atoms with Crippen LogP contribution in [0.15, 0.2) is 18.2 Å². The average Bonchev–Trinajstić information content (AvgIpc) is 2.88. The van der Waals surface area contributed by atoms with Gasteiger partial charge in [-0.25, -0.2) is 0 Å². The van der Waals surface area contributed by atoms with Crippen LogP contribution in [-0.4, -0.2) is 34.9 Å². The Morgan fingerprint density at radius 1 is 1.05 bits per heavy atom. The van der Waals surface area contributed by atoms with Gasteiger partial charge in [-0.2, -0.15) is 8.75 Å². The summed E-state index contributed by atoms with van der Waals surface area (Å²) in [5, 5.41) is 0.523. The highest BCUT2D eigenvalue weighted by Gasteiger charge is 2.22. The maximum Gasteiger partial charge on any atom is 0.187 e. The van der Waals surface area contributed by atoms with E-state index in [1.54, 1.807) is 0 Å². The van der Waals surface area contributed by atoms with Crippen molar-refractivity contribution in [2.24, 2.45) is 0 Å². The SMILES string of the molecule is Cc1cccc(N2CCN(c3nsnc3Cl)CC2)c1C. The highest BCUT2D eigenvalue weighted by molar-refractivity contribution is 6.99. The predicted octanol–water partition coefficient (Wildman–Crippen LogP) is 3.13. The number of hydrogen-bond donors (Lipinski definition) is 0. The van der Waals surface area contributed by atoms with E-state index in [4.69, 9.17) is 11.6 Å². The third-order valence-corrected chi connectivity index (χ3v) is 4.80. The standard InChI is InChI=1S/C14H17ClN4S/c1-10-4-3-5-12(11(10)2)18-6-8-19(9-7-18)14-13(15)16-20-17-14/h3-5H,6-9H2,1-2H3. The molecule has 0 aliphatic carbocycles. The molecule has 2 aromatic rings. The Bertz CT molecular complexity index is 605. The van der Waals surface area contributed by atoms with Crippen molar-refractivity contribution in [2.45, 2.75) is 13.8 Å². The molecule has 6 heteroatoms. The Morgan fingerprint density at radius 2 is 1.75 bits per heavy atom. The van der Waals surface area contributed by atoms with Crippen LogP contribution in [-0.2, 0) is 0 Å². The fourth-order valence-electron chi connectivity index (χ4n) is 2.60. The zero-order valence-electron chi connectivity index (χ0n) is 11.6. The minimum absolute atomic E-state index is 0.523. The molecule has 20 heavy (non-hydrogen) atoms. The van der Waals surface area contributed by atoms with Gasteiger partial charge < -0.3 is 9.80 Å². The molecule has 0 atom stereocenters. The summed E-state index contributed by atoms with van der Waals surface area (Å²) in [6.07, 6.45) is 0. The molecule has 0 N–H and O–H groups in total. The lowest BCUT2D eigenvalue weighted by atomic mass is 10.1. The van der Waals surface area contributed by atoms with Gasteiger partial charge in [-0.1, -0.05) is 23.7 Å². The van der Waals surface area contributed by atoms with Crippen LogP contribution in [0.3, 0.4) is 0 Å². The van der Waals surface area contributed by atoms with Gasteiger partial charge in [0.15, 0.2) is 11.0 Å². The summed E-state index contributed by atoms with van der Waals surface area (Å²) in [6.45, 7) is 8.18. The van der Waals surface area contributed by atoms with Crippen LogP contribution in [0.2, 0.25) is 5.15 Å². The molecular formula is C14H17ClN4S. The van der Waals surface area contributed by atoms with Crippen molar-refractivity contribution in [1.29, 1.82) is 0 Å². The average molecular weight is 309 g/mol. The van der Waals surface area contributed by atoms with E-state index in [1.807, 2.05) is 0 Å². The molecule has 1 aliphatic heterocycles. The number of rotatable bonds is 2. The molecule has 1 aromatic carbocycles. The summed E-state index contributed by atoms with van der Waals surface area (Å²) in [6, 6.07) is 6.50. The Labute approximate surface area is 128 Å². The molecule has 0 spiro atoms. The van der Waals surface area contributed by atoms with E-state index < -0.39 is 0 Å². The molecule has 1 fully saturated rings. The van der Waals surface area contributed by atoms with Gasteiger partial charge in [0.1, 0.15) is 0 Å². The van der Waals surface area contributed by atoms with Crippen LogP contribution >= 0.6 is 23.3 Å². The van der Waals surface area contributed by atoms with E-state index >= 15 is 0 Å². The van der Waals surface area contributed by atoms with E-state index in [2.05, 4.69) is 50.6 Å². The summed E-state index contributed by atoms with van der Waals surface area (Å²) in [4.78, 5) is 4.65. The lowest BCUT2D eigenvalue weighted by Crippen LogP contribution is -2.47. The fourth-order valence-corrected chi connectivity index (χ4v) is 3.38. The second-order valence-electron chi connectivity index (χ2n) is 5.07. The number of hydrogen-bond acceptors (Lipinski definition) is 5. The molecule has 1 saturated heterocycles. The first kappa shape index (κ1) is 13.6. The normalized spacial score (nSPS) is 15.8. The van der Waals surface area contributed by atoms with Crippen molar-refractivity contribution in [3.8, 4) is 0 Å². The number of nitrogens with zero attached hydrogens (tertiary/aromatic N) is 4. The maximum atomic E-state index is 6.05. The summed E-state index contributed by atoms with van der Waals surface area (Å²) >= 11 is 7.23. The molecule has 1 aromatic heterocycles. The van der Waals surface area contributed by atoms with Gasteiger partial charge >= 0.3 is 0 Å². The first-order valence-corrected chi connectivity index (χ1v) is 7.82. The first-order chi connectivity index (χ1) is 9.66.